The van der Waals surface area contributed by atoms with E-state index in [0.29, 0.717) is 0 Å². The van der Waals surface area contributed by atoms with Crippen LogP contribution in [0.25, 0.3) is 0 Å². The first-order valence-electron chi connectivity index (χ1n) is 9.35. The van der Waals surface area contributed by atoms with Gasteiger partial charge in [0.15, 0.2) is 0 Å². The van der Waals surface area contributed by atoms with Crippen LogP contribution >= 0.6 is 0 Å². The molecule has 2 aromatic rings. The van der Waals surface area contributed by atoms with Crippen molar-refractivity contribution >= 4 is 12.6 Å². The summed E-state index contributed by atoms with van der Waals surface area (Å²) in [5.74, 6) is 0. The largest absolute Gasteiger partial charge is 0.498 e. The molecule has 1 aromatic carbocycles. The summed E-state index contributed by atoms with van der Waals surface area (Å²) in [6, 6.07) is 10.5. The summed E-state index contributed by atoms with van der Waals surface area (Å²) >= 11 is 0. The highest BCUT2D eigenvalue weighted by molar-refractivity contribution is 6.63. The second-order valence-corrected chi connectivity index (χ2v) is 8.24. The molecule has 0 N–H and O–H groups in total. The van der Waals surface area contributed by atoms with Crippen molar-refractivity contribution in [2.24, 2.45) is 0 Å². The molecule has 132 valence electrons. The first kappa shape index (κ1) is 16.9. The Hall–Kier alpha value is -1.59. The van der Waals surface area contributed by atoms with Crippen LogP contribution in [0.5, 0.6) is 0 Å². The first-order chi connectivity index (χ1) is 11.9. The molecule has 5 heteroatoms. The van der Waals surface area contributed by atoms with Crippen LogP contribution in [0.1, 0.15) is 57.5 Å². The number of benzene rings is 1. The van der Waals surface area contributed by atoms with Gasteiger partial charge in [0.05, 0.1) is 16.9 Å². The molecule has 0 saturated carbocycles. The maximum Gasteiger partial charge on any atom is 0.498 e. The minimum Gasteiger partial charge on any atom is -0.399 e. The maximum absolute atomic E-state index is 6.38. The van der Waals surface area contributed by atoms with Crippen LogP contribution in [0, 0.1) is 0 Å². The van der Waals surface area contributed by atoms with Crippen LogP contribution in [-0.4, -0.2) is 28.1 Å². The Morgan fingerprint density at radius 2 is 1.72 bits per heavy atom. The van der Waals surface area contributed by atoms with E-state index in [9.17, 15) is 0 Å². The maximum atomic E-state index is 6.38. The lowest BCUT2D eigenvalue weighted by atomic mass is 9.75. The van der Waals surface area contributed by atoms with Gasteiger partial charge < -0.3 is 9.31 Å². The third kappa shape index (κ3) is 2.94. The topological polar surface area (TPSA) is 36.3 Å². The predicted molar refractivity (Wildman–Crippen MR) is 100 cm³/mol. The van der Waals surface area contributed by atoms with E-state index in [1.54, 1.807) is 0 Å². The zero-order valence-electron chi connectivity index (χ0n) is 15.7. The zero-order valence-corrected chi connectivity index (χ0v) is 15.7. The van der Waals surface area contributed by atoms with E-state index in [-0.39, 0.29) is 18.3 Å². The van der Waals surface area contributed by atoms with Crippen molar-refractivity contribution < 1.29 is 9.31 Å². The number of rotatable bonds is 3. The standard InChI is InChI=1S/C20H27BN2O2/c1-19(2)20(3,4)25-21(24-19)18-16(14-15-10-6-5-7-11-15)22-23-13-9-8-12-17(18)23/h5-7,10-11H,8-9,12-14H2,1-4H3. The van der Waals surface area contributed by atoms with Crippen molar-refractivity contribution in [3.8, 4) is 0 Å². The molecule has 1 saturated heterocycles. The second kappa shape index (κ2) is 5.99. The number of hydrogen-bond acceptors (Lipinski definition) is 3. The first-order valence-corrected chi connectivity index (χ1v) is 9.35. The van der Waals surface area contributed by atoms with Gasteiger partial charge in [-0.1, -0.05) is 30.3 Å². The third-order valence-corrected chi connectivity index (χ3v) is 5.91. The van der Waals surface area contributed by atoms with Gasteiger partial charge >= 0.3 is 7.12 Å². The summed E-state index contributed by atoms with van der Waals surface area (Å²) in [5.41, 5.74) is 4.19. The van der Waals surface area contributed by atoms with E-state index in [1.807, 2.05) is 0 Å². The highest BCUT2D eigenvalue weighted by atomic mass is 16.7. The third-order valence-electron chi connectivity index (χ3n) is 5.91. The molecule has 4 nitrogen and oxygen atoms in total. The quantitative estimate of drug-likeness (QED) is 0.807. The van der Waals surface area contributed by atoms with Gasteiger partial charge in [-0.15, -0.1) is 0 Å². The minimum atomic E-state index is -0.328. The van der Waals surface area contributed by atoms with E-state index in [4.69, 9.17) is 14.4 Å². The molecule has 0 aliphatic carbocycles. The molecular weight excluding hydrogens is 311 g/mol. The molecule has 1 aromatic heterocycles. The average molecular weight is 338 g/mol. The molecule has 3 heterocycles. The van der Waals surface area contributed by atoms with Crippen LogP contribution in [0.3, 0.4) is 0 Å². The molecule has 25 heavy (non-hydrogen) atoms. The number of fused-ring (bicyclic) bond motifs is 1. The SMILES string of the molecule is CC1(C)OB(c2c(Cc3ccccc3)nn3c2CCCC3)OC1(C)C. The average Bonchev–Trinajstić information content (AvgIpc) is 3.02. The predicted octanol–water partition coefficient (Wildman–Crippen LogP) is 3.11. The zero-order chi connectivity index (χ0) is 17.7. The summed E-state index contributed by atoms with van der Waals surface area (Å²) in [6.07, 6.45) is 4.28. The Morgan fingerprint density at radius 1 is 1.04 bits per heavy atom. The fourth-order valence-corrected chi connectivity index (χ4v) is 3.72. The Balaban J connectivity index is 1.74. The Kier molecular flexibility index (Phi) is 4.04. The molecule has 1 fully saturated rings. The molecule has 2 aliphatic heterocycles. The highest BCUT2D eigenvalue weighted by Crippen LogP contribution is 2.37. The summed E-state index contributed by atoms with van der Waals surface area (Å²) < 4.78 is 14.9. The van der Waals surface area contributed by atoms with Crippen molar-refractivity contribution in [3.63, 3.8) is 0 Å². The lowest BCUT2D eigenvalue weighted by molar-refractivity contribution is 0.00578. The van der Waals surface area contributed by atoms with Crippen LogP contribution in [0.2, 0.25) is 0 Å². The number of aromatic nitrogens is 2. The van der Waals surface area contributed by atoms with Crippen molar-refractivity contribution in [3.05, 3.63) is 47.3 Å². The van der Waals surface area contributed by atoms with Crippen molar-refractivity contribution in [2.75, 3.05) is 0 Å². The van der Waals surface area contributed by atoms with E-state index in [2.05, 4.69) is 62.7 Å². The number of aryl methyl sites for hydroxylation is 1. The molecule has 0 unspecified atom stereocenters. The van der Waals surface area contributed by atoms with E-state index >= 15 is 0 Å². The van der Waals surface area contributed by atoms with Gasteiger partial charge in [-0.3, -0.25) is 4.68 Å². The van der Waals surface area contributed by atoms with Gasteiger partial charge in [0.1, 0.15) is 0 Å². The number of nitrogens with zero attached hydrogens (tertiary/aromatic N) is 2. The van der Waals surface area contributed by atoms with E-state index in [0.717, 1.165) is 25.1 Å². The fourth-order valence-electron chi connectivity index (χ4n) is 3.72. The van der Waals surface area contributed by atoms with Gasteiger partial charge in [-0.05, 0) is 52.5 Å². The molecule has 0 radical (unpaired) electrons. The fraction of sp³-hybridized carbons (Fsp3) is 0.550. The van der Waals surface area contributed by atoms with Crippen molar-refractivity contribution in [1.29, 1.82) is 0 Å². The molecule has 4 rings (SSSR count). The van der Waals surface area contributed by atoms with Crippen LogP contribution in [-0.2, 0) is 28.7 Å². The minimum absolute atomic E-state index is 0.328. The molecule has 0 bridgehead atoms. The monoisotopic (exact) mass is 338 g/mol. The second-order valence-electron chi connectivity index (χ2n) is 8.24. The Bertz CT molecular complexity index is 752. The van der Waals surface area contributed by atoms with Gasteiger partial charge in [0.2, 0.25) is 0 Å². The van der Waals surface area contributed by atoms with Crippen LogP contribution in [0.4, 0.5) is 0 Å². The lowest BCUT2D eigenvalue weighted by Crippen LogP contribution is -2.41. The molecule has 0 amide bonds. The van der Waals surface area contributed by atoms with E-state index < -0.39 is 0 Å². The van der Waals surface area contributed by atoms with Gasteiger partial charge in [-0.25, -0.2) is 0 Å². The molecule has 2 aliphatic rings. The van der Waals surface area contributed by atoms with Crippen LogP contribution < -0.4 is 5.46 Å². The number of hydrogen-bond donors (Lipinski definition) is 0. The highest BCUT2D eigenvalue weighted by Gasteiger charge is 2.53. The van der Waals surface area contributed by atoms with Crippen LogP contribution in [0.15, 0.2) is 30.3 Å². The summed E-state index contributed by atoms with van der Waals surface area (Å²) in [5, 5.41) is 4.94. The molecule has 0 spiro atoms. The normalized spacial score (nSPS) is 21.4. The molecule has 0 atom stereocenters. The lowest BCUT2D eigenvalue weighted by Gasteiger charge is -2.32. The van der Waals surface area contributed by atoms with Gasteiger partial charge in [0.25, 0.3) is 0 Å². The smallest absolute Gasteiger partial charge is 0.399 e. The molecular formula is C20H27BN2O2. The Morgan fingerprint density at radius 3 is 2.40 bits per heavy atom. The van der Waals surface area contributed by atoms with E-state index in [1.165, 1.54) is 29.6 Å². The van der Waals surface area contributed by atoms with Crippen molar-refractivity contribution in [1.82, 2.24) is 9.78 Å². The summed E-state index contributed by atoms with van der Waals surface area (Å²) in [7, 11) is -0.328. The Labute approximate surface area is 150 Å². The van der Waals surface area contributed by atoms with Gasteiger partial charge in [-0.2, -0.15) is 5.10 Å². The van der Waals surface area contributed by atoms with Crippen molar-refractivity contribution in [2.45, 2.75) is 71.1 Å². The summed E-state index contributed by atoms with van der Waals surface area (Å²) in [6.45, 7) is 9.44. The summed E-state index contributed by atoms with van der Waals surface area (Å²) in [4.78, 5) is 0. The van der Waals surface area contributed by atoms with Gasteiger partial charge in [0, 0.05) is 24.1 Å².